The molecule has 0 aromatic rings. The number of hydrogen-bond acceptors (Lipinski definition) is 6. The van der Waals surface area contributed by atoms with Crippen molar-refractivity contribution in [2.24, 2.45) is 0 Å². The van der Waals surface area contributed by atoms with Crippen molar-refractivity contribution in [2.45, 2.75) is 212 Å². The second-order valence-electron chi connectivity index (χ2n) is 16.0. The quantitative estimate of drug-likeness (QED) is 0.0290. The van der Waals surface area contributed by atoms with Gasteiger partial charge in [0.25, 0.3) is 0 Å². The number of allylic oxidation sites excluding steroid dienone is 2. The summed E-state index contributed by atoms with van der Waals surface area (Å²) in [5.74, 6) is -1.46. The van der Waals surface area contributed by atoms with Crippen molar-refractivity contribution in [3.63, 3.8) is 0 Å². The molecule has 8 heteroatoms. The molecule has 2 atom stereocenters. The fourth-order valence-electron chi connectivity index (χ4n) is 6.50. The third-order valence-electron chi connectivity index (χ3n) is 9.91. The number of carbonyl (C=O) groups excluding carboxylic acids is 2. The predicted molar refractivity (Wildman–Crippen MR) is 215 cm³/mol. The maximum absolute atomic E-state index is 12.7. The van der Waals surface area contributed by atoms with Gasteiger partial charge in [0, 0.05) is 19.3 Å². The van der Waals surface area contributed by atoms with Gasteiger partial charge in [0.05, 0.1) is 34.4 Å². The van der Waals surface area contributed by atoms with Crippen molar-refractivity contribution in [1.82, 2.24) is 0 Å². The Morgan fingerprint density at radius 3 is 1.38 bits per heavy atom. The topological polar surface area (TPSA) is 99.1 Å². The van der Waals surface area contributed by atoms with Gasteiger partial charge in [0.2, 0.25) is 0 Å². The highest BCUT2D eigenvalue weighted by Crippen LogP contribution is 2.15. The molecular weight excluding hydrogens is 654 g/mol. The van der Waals surface area contributed by atoms with E-state index >= 15 is 0 Å². The first kappa shape index (κ1) is 50.1. The van der Waals surface area contributed by atoms with Crippen molar-refractivity contribution >= 4 is 17.9 Å². The van der Waals surface area contributed by atoms with E-state index in [2.05, 4.69) is 26.0 Å². The number of rotatable bonds is 39. The Labute approximate surface area is 320 Å². The molecule has 0 radical (unpaired) electrons. The van der Waals surface area contributed by atoms with Crippen LogP contribution in [0.3, 0.4) is 0 Å². The van der Waals surface area contributed by atoms with Crippen molar-refractivity contribution < 1.29 is 38.2 Å². The maximum Gasteiger partial charge on any atom is 0.362 e. The molecule has 0 amide bonds. The molecule has 52 heavy (non-hydrogen) atoms. The fourth-order valence-corrected chi connectivity index (χ4v) is 6.50. The Morgan fingerprint density at radius 1 is 0.558 bits per heavy atom. The third-order valence-corrected chi connectivity index (χ3v) is 9.91. The van der Waals surface area contributed by atoms with Gasteiger partial charge < -0.3 is 23.8 Å². The molecule has 0 saturated heterocycles. The van der Waals surface area contributed by atoms with Crippen molar-refractivity contribution in [3.05, 3.63) is 12.2 Å². The number of aliphatic carboxylic acids is 1. The molecule has 0 aliphatic rings. The van der Waals surface area contributed by atoms with Crippen LogP contribution in [0.25, 0.3) is 0 Å². The van der Waals surface area contributed by atoms with Crippen LogP contribution in [0.15, 0.2) is 12.2 Å². The lowest BCUT2D eigenvalue weighted by molar-refractivity contribution is -0.887. The monoisotopic (exact) mass is 739 g/mol. The average molecular weight is 739 g/mol. The first-order chi connectivity index (χ1) is 25.1. The molecule has 0 saturated carbocycles. The molecule has 0 aromatic heterocycles. The van der Waals surface area contributed by atoms with Crippen molar-refractivity contribution in [3.8, 4) is 0 Å². The molecule has 306 valence electrons. The summed E-state index contributed by atoms with van der Waals surface area (Å²) < 4.78 is 17.2. The number of esters is 2. The second-order valence-corrected chi connectivity index (χ2v) is 16.0. The van der Waals surface area contributed by atoms with Gasteiger partial charge in [-0.15, -0.1) is 0 Å². The van der Waals surface area contributed by atoms with E-state index in [4.69, 9.17) is 14.2 Å². The molecule has 0 aliphatic heterocycles. The van der Waals surface area contributed by atoms with E-state index in [1.807, 2.05) is 21.1 Å². The van der Waals surface area contributed by atoms with E-state index in [-0.39, 0.29) is 36.2 Å². The predicted octanol–water partition coefficient (Wildman–Crippen LogP) is 11.5. The molecule has 0 heterocycles. The fraction of sp³-hybridized carbons (Fsp3) is 0.886. The summed E-state index contributed by atoms with van der Waals surface area (Å²) in [4.78, 5) is 36.8. The minimum absolute atomic E-state index is 0.0465. The first-order valence-corrected chi connectivity index (χ1v) is 21.7. The standard InChI is InChI=1S/C44H83NO7/c1-6-8-10-12-14-16-17-18-19-20-21-22-23-24-25-27-29-31-33-35-43(47)52-40(38-50-37-36-41(44(48)49)45(3,4)5)39-51-42(46)34-32-30-28-26-15-13-11-9-7-2/h18-19,40-41H,6-17,20-39H2,1-5H3/p+1/b19-18-. The van der Waals surface area contributed by atoms with Gasteiger partial charge in [-0.2, -0.15) is 0 Å². The summed E-state index contributed by atoms with van der Waals surface area (Å²) >= 11 is 0. The SMILES string of the molecule is CCCCCCCC/C=C\CCCCCCCCCCCC(=O)OC(COCCC(C(=O)O)[N+](C)(C)C)COC(=O)CCCCCCCCCCC. The number of hydrogen-bond donors (Lipinski definition) is 1. The summed E-state index contributed by atoms with van der Waals surface area (Å²) in [6, 6.07) is -0.609. The minimum Gasteiger partial charge on any atom is -0.477 e. The number of unbranched alkanes of at least 4 members (excludes halogenated alkanes) is 23. The molecule has 0 fully saturated rings. The Bertz CT molecular complexity index is 869. The maximum atomic E-state index is 12.7. The molecule has 0 bridgehead atoms. The van der Waals surface area contributed by atoms with Crippen LogP contribution in [-0.2, 0) is 28.6 Å². The Balaban J connectivity index is 4.26. The summed E-state index contributed by atoms with van der Waals surface area (Å²) in [7, 11) is 5.53. The Hall–Kier alpha value is -1.93. The lowest BCUT2D eigenvalue weighted by Gasteiger charge is -2.31. The number of carboxylic acids is 1. The minimum atomic E-state index is -0.873. The third kappa shape index (κ3) is 33.9. The van der Waals surface area contributed by atoms with Crippen LogP contribution >= 0.6 is 0 Å². The van der Waals surface area contributed by atoms with Crippen LogP contribution in [0, 0.1) is 0 Å². The lowest BCUT2D eigenvalue weighted by atomic mass is 10.1. The van der Waals surface area contributed by atoms with Gasteiger partial charge in [-0.25, -0.2) is 4.79 Å². The summed E-state index contributed by atoms with van der Waals surface area (Å²) in [5, 5.41) is 9.60. The highest BCUT2D eigenvalue weighted by atomic mass is 16.6. The van der Waals surface area contributed by atoms with E-state index in [0.717, 1.165) is 38.5 Å². The summed E-state index contributed by atoms with van der Waals surface area (Å²) in [6.45, 7) is 4.72. The summed E-state index contributed by atoms with van der Waals surface area (Å²) in [6.07, 6.45) is 36.8. The molecular formula is C44H84NO7+. The normalized spacial score (nSPS) is 13.0. The van der Waals surface area contributed by atoms with Crippen LogP contribution < -0.4 is 0 Å². The van der Waals surface area contributed by atoms with Gasteiger partial charge in [0.1, 0.15) is 6.61 Å². The first-order valence-electron chi connectivity index (χ1n) is 21.7. The van der Waals surface area contributed by atoms with Gasteiger partial charge in [-0.3, -0.25) is 9.59 Å². The number of ether oxygens (including phenoxy) is 3. The molecule has 8 nitrogen and oxygen atoms in total. The number of carboxylic acid groups (broad SMARTS) is 1. The number of carbonyl (C=O) groups is 3. The zero-order valence-electron chi connectivity index (χ0n) is 34.8. The van der Waals surface area contributed by atoms with Crippen molar-refractivity contribution in [1.29, 1.82) is 0 Å². The number of likely N-dealkylation sites (N-methyl/N-ethyl adjacent to an activating group) is 1. The van der Waals surface area contributed by atoms with Crippen LogP contribution in [0.1, 0.15) is 200 Å². The molecule has 0 aromatic carbocycles. The van der Waals surface area contributed by atoms with Gasteiger partial charge in [-0.05, 0) is 38.5 Å². The Kier molecular flexibility index (Phi) is 34.7. The second kappa shape index (κ2) is 36.1. The lowest BCUT2D eigenvalue weighted by Crippen LogP contribution is -2.50. The summed E-state index contributed by atoms with van der Waals surface area (Å²) in [5.41, 5.74) is 0. The van der Waals surface area contributed by atoms with E-state index in [1.165, 1.54) is 128 Å². The van der Waals surface area contributed by atoms with E-state index in [1.54, 1.807) is 0 Å². The van der Waals surface area contributed by atoms with Crippen LogP contribution in [0.2, 0.25) is 0 Å². The van der Waals surface area contributed by atoms with Crippen LogP contribution in [-0.4, -0.2) is 80.6 Å². The zero-order valence-corrected chi connectivity index (χ0v) is 34.8. The molecule has 2 unspecified atom stereocenters. The smallest absolute Gasteiger partial charge is 0.362 e. The molecule has 1 N–H and O–H groups in total. The van der Waals surface area contributed by atoms with E-state index < -0.39 is 18.1 Å². The Morgan fingerprint density at radius 2 is 0.962 bits per heavy atom. The van der Waals surface area contributed by atoms with E-state index in [9.17, 15) is 19.5 Å². The average Bonchev–Trinajstić information content (AvgIpc) is 3.09. The number of nitrogens with zero attached hydrogens (tertiary/aromatic N) is 1. The van der Waals surface area contributed by atoms with E-state index in [0.29, 0.717) is 19.3 Å². The van der Waals surface area contributed by atoms with Crippen molar-refractivity contribution in [2.75, 3.05) is 41.0 Å². The molecule has 0 spiro atoms. The number of quaternary nitrogens is 1. The zero-order chi connectivity index (χ0) is 38.5. The largest absolute Gasteiger partial charge is 0.477 e. The van der Waals surface area contributed by atoms with Crippen LogP contribution in [0.5, 0.6) is 0 Å². The molecule has 0 rings (SSSR count). The van der Waals surface area contributed by atoms with Gasteiger partial charge >= 0.3 is 17.9 Å². The van der Waals surface area contributed by atoms with Crippen LogP contribution in [0.4, 0.5) is 0 Å². The highest BCUT2D eigenvalue weighted by molar-refractivity contribution is 5.72. The van der Waals surface area contributed by atoms with Gasteiger partial charge in [0.15, 0.2) is 12.1 Å². The highest BCUT2D eigenvalue weighted by Gasteiger charge is 2.31. The van der Waals surface area contributed by atoms with Gasteiger partial charge in [-0.1, -0.05) is 154 Å². The molecule has 0 aliphatic carbocycles.